The monoisotopic (exact) mass is 302 g/mol. The van der Waals surface area contributed by atoms with E-state index in [0.717, 1.165) is 22.0 Å². The van der Waals surface area contributed by atoms with Gasteiger partial charge in [0.2, 0.25) is 5.82 Å². The normalized spacial score (nSPS) is 10.6. The van der Waals surface area contributed by atoms with Gasteiger partial charge < -0.3 is 14.6 Å². The maximum absolute atomic E-state index is 5.60. The zero-order valence-electron chi connectivity index (χ0n) is 11.7. The Hall–Kier alpha value is -2.41. The van der Waals surface area contributed by atoms with Crippen molar-refractivity contribution in [2.24, 2.45) is 0 Å². The number of hydrogen-bond donors (Lipinski definition) is 1. The first-order valence-corrected chi connectivity index (χ1v) is 7.20. The summed E-state index contributed by atoms with van der Waals surface area (Å²) in [5, 5.41) is 7.93. The van der Waals surface area contributed by atoms with Crippen LogP contribution in [0, 0.1) is 6.92 Å². The molecule has 21 heavy (non-hydrogen) atoms. The summed E-state index contributed by atoms with van der Waals surface area (Å²) in [7, 11) is 1.84. The summed E-state index contributed by atoms with van der Waals surface area (Å²) in [5.74, 6) is 1.73. The van der Waals surface area contributed by atoms with Gasteiger partial charge in [-0.3, -0.25) is 0 Å². The Bertz CT molecular complexity index is 724. The number of para-hydroxylation sites is 1. The molecule has 1 aromatic carbocycles. The van der Waals surface area contributed by atoms with Gasteiger partial charge in [-0.25, -0.2) is 0 Å². The van der Waals surface area contributed by atoms with Crippen molar-refractivity contribution >= 4 is 16.5 Å². The molecule has 0 fully saturated rings. The van der Waals surface area contributed by atoms with Crippen molar-refractivity contribution in [2.75, 3.05) is 12.4 Å². The highest BCUT2D eigenvalue weighted by Gasteiger charge is 2.18. The van der Waals surface area contributed by atoms with Gasteiger partial charge in [-0.15, -0.1) is 0 Å². The summed E-state index contributed by atoms with van der Waals surface area (Å²) >= 11 is 1.37. The summed E-state index contributed by atoms with van der Waals surface area (Å²) in [6.07, 6.45) is 0. The van der Waals surface area contributed by atoms with Gasteiger partial charge in [0.1, 0.15) is 10.8 Å². The maximum Gasteiger partial charge on any atom is 0.262 e. The molecule has 6 nitrogen and oxygen atoms in total. The minimum absolute atomic E-state index is 0.263. The second kappa shape index (κ2) is 5.92. The Morgan fingerprint density at radius 3 is 2.86 bits per heavy atom. The van der Waals surface area contributed by atoms with Crippen LogP contribution in [0.25, 0.3) is 11.5 Å². The highest BCUT2D eigenvalue weighted by molar-refractivity contribution is 7.10. The van der Waals surface area contributed by atoms with Gasteiger partial charge in [0.25, 0.3) is 5.89 Å². The first kappa shape index (κ1) is 13.6. The highest BCUT2D eigenvalue weighted by atomic mass is 32.1. The fourth-order valence-corrected chi connectivity index (χ4v) is 2.61. The first-order chi connectivity index (χ1) is 10.3. The van der Waals surface area contributed by atoms with E-state index in [-0.39, 0.29) is 6.61 Å². The summed E-state index contributed by atoms with van der Waals surface area (Å²) in [6, 6.07) is 9.53. The molecule has 0 aliphatic rings. The lowest BCUT2D eigenvalue weighted by molar-refractivity contribution is 0.287. The molecule has 0 saturated carbocycles. The molecule has 2 heterocycles. The Balaban J connectivity index is 1.76. The number of nitrogens with zero attached hydrogens (tertiary/aromatic N) is 3. The number of aromatic nitrogens is 3. The molecular weight excluding hydrogens is 288 g/mol. The van der Waals surface area contributed by atoms with Crippen LogP contribution in [0.4, 0.5) is 5.00 Å². The van der Waals surface area contributed by atoms with E-state index in [4.69, 9.17) is 9.26 Å². The van der Waals surface area contributed by atoms with Gasteiger partial charge in [-0.1, -0.05) is 23.4 Å². The van der Waals surface area contributed by atoms with Crippen LogP contribution in [0.1, 0.15) is 11.5 Å². The number of anilines is 1. The number of aryl methyl sites for hydroxylation is 1. The summed E-state index contributed by atoms with van der Waals surface area (Å²) in [6.45, 7) is 2.18. The second-order valence-electron chi connectivity index (χ2n) is 4.34. The molecule has 3 aromatic rings. The lowest BCUT2D eigenvalue weighted by Gasteiger charge is -2.01. The van der Waals surface area contributed by atoms with E-state index in [1.54, 1.807) is 0 Å². The largest absolute Gasteiger partial charge is 0.485 e. The van der Waals surface area contributed by atoms with Gasteiger partial charge in [0.15, 0.2) is 6.61 Å². The van der Waals surface area contributed by atoms with E-state index >= 15 is 0 Å². The van der Waals surface area contributed by atoms with Crippen LogP contribution >= 0.6 is 11.5 Å². The van der Waals surface area contributed by atoms with E-state index < -0.39 is 0 Å². The molecule has 0 atom stereocenters. The third kappa shape index (κ3) is 2.87. The number of benzene rings is 1. The van der Waals surface area contributed by atoms with Gasteiger partial charge in [-0.2, -0.15) is 9.36 Å². The summed E-state index contributed by atoms with van der Waals surface area (Å²) < 4.78 is 15.2. The fraction of sp³-hybridized carbons (Fsp3) is 0.214. The number of nitrogens with one attached hydrogen (secondary N) is 1. The molecule has 0 amide bonds. The number of hydrogen-bond acceptors (Lipinski definition) is 7. The minimum Gasteiger partial charge on any atom is -0.485 e. The molecule has 1 N–H and O–H groups in total. The Morgan fingerprint density at radius 2 is 2.10 bits per heavy atom. The molecule has 0 unspecified atom stereocenters. The van der Waals surface area contributed by atoms with Crippen molar-refractivity contribution in [3.63, 3.8) is 0 Å². The minimum atomic E-state index is 0.263. The van der Waals surface area contributed by atoms with Crippen molar-refractivity contribution in [2.45, 2.75) is 13.5 Å². The highest BCUT2D eigenvalue weighted by Crippen LogP contribution is 2.33. The standard InChI is InChI=1S/C14H14N4O2S/c1-9-12(14(15-2)21-18-9)13-16-11(17-20-13)8-19-10-6-4-3-5-7-10/h3-7,15H,8H2,1-2H3. The molecular formula is C14H14N4O2S. The molecule has 0 bridgehead atoms. The maximum atomic E-state index is 5.60. The average Bonchev–Trinajstić information content (AvgIpc) is 3.12. The van der Waals surface area contributed by atoms with E-state index in [1.807, 2.05) is 44.3 Å². The van der Waals surface area contributed by atoms with Crippen LogP contribution in [0.5, 0.6) is 5.75 Å². The van der Waals surface area contributed by atoms with Crippen molar-refractivity contribution < 1.29 is 9.26 Å². The molecule has 108 valence electrons. The predicted octanol–water partition coefficient (Wildman–Crippen LogP) is 3.12. The summed E-state index contributed by atoms with van der Waals surface area (Å²) in [5.41, 5.74) is 1.71. The first-order valence-electron chi connectivity index (χ1n) is 6.42. The molecule has 0 aliphatic heterocycles. The second-order valence-corrected chi connectivity index (χ2v) is 5.11. The van der Waals surface area contributed by atoms with E-state index in [2.05, 4.69) is 19.8 Å². The smallest absolute Gasteiger partial charge is 0.262 e. The van der Waals surface area contributed by atoms with Gasteiger partial charge >= 0.3 is 0 Å². The average molecular weight is 302 g/mol. The molecule has 3 rings (SSSR count). The Morgan fingerprint density at radius 1 is 1.29 bits per heavy atom. The van der Waals surface area contributed by atoms with Crippen LogP contribution in [0.3, 0.4) is 0 Å². The van der Waals surface area contributed by atoms with Crippen molar-refractivity contribution in [1.29, 1.82) is 0 Å². The zero-order chi connectivity index (χ0) is 14.7. The third-order valence-electron chi connectivity index (χ3n) is 2.88. The Labute approximate surface area is 125 Å². The van der Waals surface area contributed by atoms with Crippen molar-refractivity contribution in [1.82, 2.24) is 14.5 Å². The topological polar surface area (TPSA) is 73.1 Å². The number of ether oxygens (including phenoxy) is 1. The zero-order valence-corrected chi connectivity index (χ0v) is 12.5. The molecule has 0 aliphatic carbocycles. The van der Waals surface area contributed by atoms with E-state index in [1.165, 1.54) is 11.5 Å². The molecule has 0 radical (unpaired) electrons. The lowest BCUT2D eigenvalue weighted by Crippen LogP contribution is -1.97. The van der Waals surface area contributed by atoms with E-state index in [0.29, 0.717) is 11.7 Å². The SMILES string of the molecule is CNc1snc(C)c1-c1nc(COc2ccccc2)no1. The third-order valence-corrected chi connectivity index (χ3v) is 3.84. The predicted molar refractivity (Wildman–Crippen MR) is 80.5 cm³/mol. The van der Waals surface area contributed by atoms with Crippen molar-refractivity contribution in [3.8, 4) is 17.2 Å². The van der Waals surface area contributed by atoms with Crippen LogP contribution < -0.4 is 10.1 Å². The molecule has 7 heteroatoms. The molecule has 0 spiro atoms. The summed E-state index contributed by atoms with van der Waals surface area (Å²) in [4.78, 5) is 4.36. The quantitative estimate of drug-likeness (QED) is 0.780. The van der Waals surface area contributed by atoms with Crippen LogP contribution in [0.15, 0.2) is 34.9 Å². The number of rotatable bonds is 5. The Kier molecular flexibility index (Phi) is 3.83. The van der Waals surface area contributed by atoms with Gasteiger partial charge in [0, 0.05) is 7.05 Å². The van der Waals surface area contributed by atoms with Crippen LogP contribution in [-0.4, -0.2) is 21.6 Å². The van der Waals surface area contributed by atoms with Gasteiger partial charge in [0.05, 0.1) is 11.3 Å². The molecule has 2 aromatic heterocycles. The van der Waals surface area contributed by atoms with Gasteiger partial charge in [-0.05, 0) is 30.6 Å². The fourth-order valence-electron chi connectivity index (χ4n) is 1.87. The molecule has 0 saturated heterocycles. The lowest BCUT2D eigenvalue weighted by atomic mass is 10.2. The van der Waals surface area contributed by atoms with Crippen molar-refractivity contribution in [3.05, 3.63) is 41.9 Å². The van der Waals surface area contributed by atoms with Crippen LogP contribution in [0.2, 0.25) is 0 Å². The van der Waals surface area contributed by atoms with Crippen LogP contribution in [-0.2, 0) is 6.61 Å². The van der Waals surface area contributed by atoms with E-state index in [9.17, 15) is 0 Å².